The van der Waals surface area contributed by atoms with Crippen LogP contribution < -0.4 is 9.64 Å². The van der Waals surface area contributed by atoms with Gasteiger partial charge < -0.3 is 4.74 Å². The van der Waals surface area contributed by atoms with Crippen LogP contribution in [0, 0.1) is 6.92 Å². The van der Waals surface area contributed by atoms with Crippen LogP contribution in [0.5, 0.6) is 5.75 Å². The number of aryl methyl sites for hydroxylation is 1. The number of sulfonamides is 1. The fraction of sp³-hybridized carbons (Fsp3) is 0.273. The van der Waals surface area contributed by atoms with Gasteiger partial charge in [-0.15, -0.1) is 0 Å². The number of aromatic nitrogens is 1. The first kappa shape index (κ1) is 22.9. The fourth-order valence-corrected chi connectivity index (χ4v) is 5.22. The van der Waals surface area contributed by atoms with Gasteiger partial charge in [-0.1, -0.05) is 29.5 Å². The van der Waals surface area contributed by atoms with Crippen molar-refractivity contribution in [1.29, 1.82) is 0 Å². The molecule has 3 aromatic rings. The summed E-state index contributed by atoms with van der Waals surface area (Å²) in [7, 11) is 0.642. The summed E-state index contributed by atoms with van der Waals surface area (Å²) in [5, 5.41) is 0.632. The molecule has 3 rings (SSSR count). The van der Waals surface area contributed by atoms with Crippen molar-refractivity contribution in [1.82, 2.24) is 9.29 Å². The van der Waals surface area contributed by atoms with Crippen LogP contribution in [-0.4, -0.2) is 51.4 Å². The number of benzene rings is 2. The van der Waals surface area contributed by atoms with Gasteiger partial charge in [0, 0.05) is 26.7 Å². The molecule has 0 fully saturated rings. The number of amides is 1. The van der Waals surface area contributed by atoms with Crippen molar-refractivity contribution < 1.29 is 17.9 Å². The van der Waals surface area contributed by atoms with E-state index < -0.39 is 10.0 Å². The average Bonchev–Trinajstić information content (AvgIpc) is 3.17. The standard InChI is InChI=1S/C22H25N3O4S2/c1-6-25(22-23-21-15(2)8-7-9-18(21)30-22)20(26)13-11-16-10-12-17(29-5)19(14-16)31(27,28)24(3)4/h7-14H,6H2,1-5H3/b13-11+. The Morgan fingerprint density at radius 3 is 2.58 bits per heavy atom. The maximum Gasteiger partial charge on any atom is 0.252 e. The van der Waals surface area contributed by atoms with Gasteiger partial charge in [0.25, 0.3) is 5.91 Å². The Morgan fingerprint density at radius 1 is 1.23 bits per heavy atom. The number of nitrogens with zero attached hydrogens (tertiary/aromatic N) is 3. The van der Waals surface area contributed by atoms with Gasteiger partial charge >= 0.3 is 0 Å². The molecule has 7 nitrogen and oxygen atoms in total. The van der Waals surface area contributed by atoms with E-state index in [1.165, 1.54) is 44.7 Å². The lowest BCUT2D eigenvalue weighted by Crippen LogP contribution is -2.28. The number of carbonyl (C=O) groups excluding carboxylic acids is 1. The lowest BCUT2D eigenvalue weighted by molar-refractivity contribution is -0.114. The molecular formula is C22H25N3O4S2. The van der Waals surface area contributed by atoms with E-state index in [0.29, 0.717) is 17.2 Å². The minimum absolute atomic E-state index is 0.0450. The highest BCUT2D eigenvalue weighted by Gasteiger charge is 2.22. The summed E-state index contributed by atoms with van der Waals surface area (Å²) < 4.78 is 32.5. The first-order chi connectivity index (χ1) is 14.7. The molecule has 0 N–H and O–H groups in total. The number of hydrogen-bond donors (Lipinski definition) is 0. The SMILES string of the molecule is CCN(C(=O)/C=C/c1ccc(OC)c(S(=O)(=O)N(C)C)c1)c1nc2c(C)cccc2s1. The van der Waals surface area contributed by atoms with E-state index in [4.69, 9.17) is 4.74 Å². The number of para-hydroxylation sites is 1. The molecule has 0 aliphatic carbocycles. The second-order valence-corrected chi connectivity index (χ2v) is 10.2. The van der Waals surface area contributed by atoms with Crippen molar-refractivity contribution in [3.8, 4) is 5.75 Å². The van der Waals surface area contributed by atoms with Crippen molar-refractivity contribution in [3.05, 3.63) is 53.6 Å². The zero-order valence-corrected chi connectivity index (χ0v) is 19.8. The van der Waals surface area contributed by atoms with Gasteiger partial charge in [0.2, 0.25) is 10.0 Å². The molecule has 164 valence electrons. The molecule has 2 aromatic carbocycles. The molecule has 0 aliphatic rings. The minimum atomic E-state index is -3.69. The Morgan fingerprint density at radius 2 is 1.97 bits per heavy atom. The van der Waals surface area contributed by atoms with Crippen LogP contribution in [0.25, 0.3) is 16.3 Å². The summed E-state index contributed by atoms with van der Waals surface area (Å²) in [5.41, 5.74) is 2.53. The van der Waals surface area contributed by atoms with Crippen LogP contribution in [0.2, 0.25) is 0 Å². The highest BCUT2D eigenvalue weighted by atomic mass is 32.2. The Balaban J connectivity index is 1.91. The molecule has 0 unspecified atom stereocenters. The van der Waals surface area contributed by atoms with Crippen molar-refractivity contribution >= 4 is 48.7 Å². The molecule has 0 aliphatic heterocycles. The van der Waals surface area contributed by atoms with E-state index in [1.807, 2.05) is 32.0 Å². The van der Waals surface area contributed by atoms with Crippen molar-refractivity contribution in [3.63, 3.8) is 0 Å². The number of anilines is 1. The van der Waals surface area contributed by atoms with Gasteiger partial charge in [0.05, 0.1) is 17.3 Å². The van der Waals surface area contributed by atoms with E-state index >= 15 is 0 Å². The number of ether oxygens (including phenoxy) is 1. The number of likely N-dealkylation sites (N-methyl/N-ethyl adjacent to an activating group) is 1. The first-order valence-electron chi connectivity index (χ1n) is 9.65. The molecule has 0 saturated carbocycles. The zero-order valence-electron chi connectivity index (χ0n) is 18.1. The zero-order chi connectivity index (χ0) is 22.8. The molecule has 0 radical (unpaired) electrons. The highest BCUT2D eigenvalue weighted by molar-refractivity contribution is 7.89. The van der Waals surface area contributed by atoms with Gasteiger partial charge in [-0.3, -0.25) is 9.69 Å². The van der Waals surface area contributed by atoms with Crippen molar-refractivity contribution in [2.24, 2.45) is 0 Å². The fourth-order valence-electron chi connectivity index (χ4n) is 3.03. The Kier molecular flexibility index (Phi) is 6.78. The lowest BCUT2D eigenvalue weighted by atomic mass is 10.2. The predicted molar refractivity (Wildman–Crippen MR) is 125 cm³/mol. The smallest absolute Gasteiger partial charge is 0.252 e. The monoisotopic (exact) mass is 459 g/mol. The molecule has 0 saturated heterocycles. The maximum absolute atomic E-state index is 12.9. The van der Waals surface area contributed by atoms with E-state index in [-0.39, 0.29) is 16.6 Å². The number of thiazole rings is 1. The first-order valence-corrected chi connectivity index (χ1v) is 11.9. The van der Waals surface area contributed by atoms with Crippen molar-refractivity contribution in [2.45, 2.75) is 18.7 Å². The van der Waals surface area contributed by atoms with Crippen molar-refractivity contribution in [2.75, 3.05) is 32.6 Å². The van der Waals surface area contributed by atoms with Crippen LogP contribution in [0.15, 0.2) is 47.4 Å². The van der Waals surface area contributed by atoms with Crippen LogP contribution in [0.4, 0.5) is 5.13 Å². The molecule has 1 aromatic heterocycles. The summed E-state index contributed by atoms with van der Waals surface area (Å²) >= 11 is 1.47. The number of fused-ring (bicyclic) bond motifs is 1. The number of rotatable bonds is 7. The predicted octanol–water partition coefficient (Wildman–Crippen LogP) is 3.93. The molecule has 0 spiro atoms. The summed E-state index contributed by atoms with van der Waals surface area (Å²) in [4.78, 5) is 19.2. The average molecular weight is 460 g/mol. The van der Waals surface area contributed by atoms with Gasteiger partial charge in [0.15, 0.2) is 5.13 Å². The normalized spacial score (nSPS) is 12.1. The summed E-state index contributed by atoms with van der Waals surface area (Å²) in [6.07, 6.45) is 3.02. The Hall–Kier alpha value is -2.75. The van der Waals surface area contributed by atoms with Gasteiger partial charge in [-0.05, 0) is 49.2 Å². The van der Waals surface area contributed by atoms with E-state index in [0.717, 1.165) is 20.1 Å². The lowest BCUT2D eigenvalue weighted by Gasteiger charge is -2.16. The number of hydrogen-bond acceptors (Lipinski definition) is 6. The third-order valence-electron chi connectivity index (χ3n) is 4.79. The van der Waals surface area contributed by atoms with Crippen LogP contribution in [0.1, 0.15) is 18.1 Å². The van der Waals surface area contributed by atoms with Crippen LogP contribution in [0.3, 0.4) is 0 Å². The molecule has 31 heavy (non-hydrogen) atoms. The molecule has 9 heteroatoms. The van der Waals surface area contributed by atoms with Crippen LogP contribution in [-0.2, 0) is 14.8 Å². The third-order valence-corrected chi connectivity index (χ3v) is 7.67. The maximum atomic E-state index is 12.9. The number of carbonyl (C=O) groups is 1. The summed E-state index contributed by atoms with van der Waals surface area (Å²) in [6, 6.07) is 10.7. The topological polar surface area (TPSA) is 79.8 Å². The van der Waals surface area contributed by atoms with Gasteiger partial charge in [-0.25, -0.2) is 17.7 Å². The minimum Gasteiger partial charge on any atom is -0.495 e. The third kappa shape index (κ3) is 4.63. The largest absolute Gasteiger partial charge is 0.495 e. The second-order valence-electron chi connectivity index (χ2n) is 7.03. The number of methoxy groups -OCH3 is 1. The molecule has 1 heterocycles. The molecule has 1 amide bonds. The second kappa shape index (κ2) is 9.17. The van der Waals surface area contributed by atoms with E-state index in [9.17, 15) is 13.2 Å². The molecule has 0 bridgehead atoms. The Labute approximate surface area is 186 Å². The molecular weight excluding hydrogens is 434 g/mol. The quantitative estimate of drug-likeness (QED) is 0.500. The summed E-state index contributed by atoms with van der Waals surface area (Å²) in [6.45, 7) is 4.34. The Bertz CT molecular complexity index is 1250. The summed E-state index contributed by atoms with van der Waals surface area (Å²) in [5.74, 6) is 0.0178. The van der Waals surface area contributed by atoms with Crippen LogP contribution >= 0.6 is 11.3 Å². The van der Waals surface area contributed by atoms with E-state index in [2.05, 4.69) is 4.98 Å². The molecule has 0 atom stereocenters. The highest BCUT2D eigenvalue weighted by Crippen LogP contribution is 2.31. The van der Waals surface area contributed by atoms with Gasteiger partial charge in [0.1, 0.15) is 10.6 Å². The van der Waals surface area contributed by atoms with E-state index in [1.54, 1.807) is 23.1 Å². The van der Waals surface area contributed by atoms with Gasteiger partial charge in [-0.2, -0.15) is 0 Å².